The van der Waals surface area contributed by atoms with Crippen LogP contribution in [0.1, 0.15) is 5.56 Å². The quantitative estimate of drug-likeness (QED) is 0.760. The molecule has 0 radical (unpaired) electrons. The first-order chi connectivity index (χ1) is 9.28. The first kappa shape index (κ1) is 11.9. The lowest BCUT2D eigenvalue weighted by molar-refractivity contribution is 1.20. The second-order valence-corrected chi connectivity index (χ2v) is 5.12. The summed E-state index contributed by atoms with van der Waals surface area (Å²) in [5.74, 6) is 1.47. The first-order valence-corrected chi connectivity index (χ1v) is 6.91. The number of nitrogens with zero attached hydrogens (tertiary/aromatic N) is 2. The summed E-state index contributed by atoms with van der Waals surface area (Å²) in [4.78, 5) is 9.92. The van der Waals surface area contributed by atoms with E-state index in [9.17, 15) is 0 Å². The molecular weight excluding hydrogens is 256 g/mol. The van der Waals surface area contributed by atoms with Gasteiger partial charge in [0.1, 0.15) is 10.6 Å². The van der Waals surface area contributed by atoms with Crippen molar-refractivity contribution in [2.24, 2.45) is 0 Å². The summed E-state index contributed by atoms with van der Waals surface area (Å²) in [7, 11) is 1.83. The van der Waals surface area contributed by atoms with Gasteiger partial charge in [-0.05, 0) is 30.0 Å². The van der Waals surface area contributed by atoms with Crippen LogP contribution in [-0.2, 0) is 0 Å². The van der Waals surface area contributed by atoms with Crippen molar-refractivity contribution in [2.75, 3.05) is 17.7 Å². The molecular formula is C14H14N4S. The van der Waals surface area contributed by atoms with E-state index in [0.29, 0.717) is 5.95 Å². The van der Waals surface area contributed by atoms with Crippen molar-refractivity contribution in [3.63, 3.8) is 0 Å². The fraction of sp³-hybridized carbons (Fsp3) is 0.143. The second-order valence-electron chi connectivity index (χ2n) is 4.23. The third-order valence-corrected chi connectivity index (χ3v) is 3.75. The SMILES string of the molecule is CNc1nc(Nc2ccccc2C)c2ccsc2n1. The van der Waals surface area contributed by atoms with Gasteiger partial charge in [-0.15, -0.1) is 11.3 Å². The Morgan fingerprint density at radius 1 is 1.11 bits per heavy atom. The van der Waals surface area contributed by atoms with Gasteiger partial charge in [0, 0.05) is 12.7 Å². The van der Waals surface area contributed by atoms with Crippen LogP contribution in [-0.4, -0.2) is 17.0 Å². The Bertz CT molecular complexity index is 720. The molecule has 0 bridgehead atoms. The molecule has 4 nitrogen and oxygen atoms in total. The highest BCUT2D eigenvalue weighted by Gasteiger charge is 2.09. The van der Waals surface area contributed by atoms with Crippen LogP contribution in [0, 0.1) is 6.92 Å². The third kappa shape index (κ3) is 2.24. The smallest absolute Gasteiger partial charge is 0.225 e. The van der Waals surface area contributed by atoms with Crippen molar-refractivity contribution in [1.29, 1.82) is 0 Å². The predicted molar refractivity (Wildman–Crippen MR) is 81.4 cm³/mol. The van der Waals surface area contributed by atoms with Gasteiger partial charge in [-0.3, -0.25) is 0 Å². The summed E-state index contributed by atoms with van der Waals surface area (Å²) in [6.07, 6.45) is 0. The fourth-order valence-electron chi connectivity index (χ4n) is 1.90. The van der Waals surface area contributed by atoms with E-state index in [1.807, 2.05) is 30.6 Å². The molecule has 0 aliphatic rings. The monoisotopic (exact) mass is 270 g/mol. The van der Waals surface area contributed by atoms with Crippen molar-refractivity contribution in [3.05, 3.63) is 41.3 Å². The highest BCUT2D eigenvalue weighted by atomic mass is 32.1. The van der Waals surface area contributed by atoms with Gasteiger partial charge in [0.05, 0.1) is 5.39 Å². The summed E-state index contributed by atoms with van der Waals surface area (Å²) in [5.41, 5.74) is 2.26. The van der Waals surface area contributed by atoms with Gasteiger partial charge in [0.15, 0.2) is 0 Å². The van der Waals surface area contributed by atoms with Gasteiger partial charge in [-0.25, -0.2) is 4.98 Å². The molecule has 0 aliphatic carbocycles. The van der Waals surface area contributed by atoms with E-state index in [2.05, 4.69) is 39.7 Å². The topological polar surface area (TPSA) is 49.8 Å². The minimum atomic E-state index is 0.631. The number of aromatic nitrogens is 2. The van der Waals surface area contributed by atoms with Crippen molar-refractivity contribution in [2.45, 2.75) is 6.92 Å². The molecule has 3 rings (SSSR count). The van der Waals surface area contributed by atoms with Crippen LogP contribution < -0.4 is 10.6 Å². The number of benzene rings is 1. The summed E-state index contributed by atoms with van der Waals surface area (Å²) < 4.78 is 0. The van der Waals surface area contributed by atoms with E-state index in [4.69, 9.17) is 0 Å². The number of fused-ring (bicyclic) bond motifs is 1. The van der Waals surface area contributed by atoms with Crippen molar-refractivity contribution in [1.82, 2.24) is 9.97 Å². The standard InChI is InChI=1S/C14H14N4S/c1-9-5-3-4-6-11(9)16-12-10-7-8-19-13(10)18-14(15-2)17-12/h3-8H,1-2H3,(H2,15,16,17,18). The molecule has 19 heavy (non-hydrogen) atoms. The molecule has 2 heterocycles. The average molecular weight is 270 g/mol. The summed E-state index contributed by atoms with van der Waals surface area (Å²) >= 11 is 1.61. The number of thiophene rings is 1. The largest absolute Gasteiger partial charge is 0.357 e. The molecule has 0 saturated heterocycles. The lowest BCUT2D eigenvalue weighted by atomic mass is 10.2. The van der Waals surface area contributed by atoms with E-state index in [1.54, 1.807) is 11.3 Å². The number of rotatable bonds is 3. The van der Waals surface area contributed by atoms with Crippen LogP contribution in [0.3, 0.4) is 0 Å². The Balaban J connectivity index is 2.09. The maximum absolute atomic E-state index is 4.50. The Morgan fingerprint density at radius 3 is 2.74 bits per heavy atom. The maximum atomic E-state index is 4.50. The highest BCUT2D eigenvalue weighted by molar-refractivity contribution is 7.16. The van der Waals surface area contributed by atoms with E-state index in [-0.39, 0.29) is 0 Å². The molecule has 1 aromatic carbocycles. The lowest BCUT2D eigenvalue weighted by Crippen LogP contribution is -2.01. The number of nitrogens with one attached hydrogen (secondary N) is 2. The molecule has 5 heteroatoms. The molecule has 3 aromatic rings. The molecule has 0 atom stereocenters. The fourth-order valence-corrected chi connectivity index (χ4v) is 2.67. The van der Waals surface area contributed by atoms with Crippen LogP contribution in [0.15, 0.2) is 35.7 Å². The molecule has 0 amide bonds. The molecule has 0 saturated carbocycles. The normalized spacial score (nSPS) is 10.6. The van der Waals surface area contributed by atoms with E-state index in [1.165, 1.54) is 5.56 Å². The zero-order chi connectivity index (χ0) is 13.2. The molecule has 0 unspecified atom stereocenters. The minimum absolute atomic E-state index is 0.631. The van der Waals surface area contributed by atoms with Gasteiger partial charge < -0.3 is 10.6 Å². The van der Waals surface area contributed by atoms with Crippen LogP contribution in [0.4, 0.5) is 17.5 Å². The average Bonchev–Trinajstić information content (AvgIpc) is 2.89. The first-order valence-electron chi connectivity index (χ1n) is 6.03. The maximum Gasteiger partial charge on any atom is 0.225 e. The van der Waals surface area contributed by atoms with E-state index >= 15 is 0 Å². The third-order valence-electron chi connectivity index (χ3n) is 2.95. The van der Waals surface area contributed by atoms with E-state index in [0.717, 1.165) is 21.7 Å². The number of para-hydroxylation sites is 1. The summed E-state index contributed by atoms with van der Waals surface area (Å²) in [6, 6.07) is 10.2. The molecule has 0 fully saturated rings. The molecule has 96 valence electrons. The van der Waals surface area contributed by atoms with Crippen molar-refractivity contribution >= 4 is 39.0 Å². The minimum Gasteiger partial charge on any atom is -0.357 e. The molecule has 0 aliphatic heterocycles. The number of aryl methyl sites for hydroxylation is 1. The zero-order valence-corrected chi connectivity index (χ0v) is 11.6. The van der Waals surface area contributed by atoms with Crippen LogP contribution in [0.25, 0.3) is 10.2 Å². The van der Waals surface area contributed by atoms with Crippen molar-refractivity contribution < 1.29 is 0 Å². The molecule has 0 spiro atoms. The second kappa shape index (κ2) is 4.85. The summed E-state index contributed by atoms with van der Waals surface area (Å²) in [6.45, 7) is 2.08. The number of hydrogen-bond acceptors (Lipinski definition) is 5. The van der Waals surface area contributed by atoms with Gasteiger partial charge in [-0.1, -0.05) is 18.2 Å². The highest BCUT2D eigenvalue weighted by Crippen LogP contribution is 2.29. The number of hydrogen-bond donors (Lipinski definition) is 2. The Kier molecular flexibility index (Phi) is 3.05. The number of anilines is 3. The molecule has 2 aromatic heterocycles. The lowest BCUT2D eigenvalue weighted by Gasteiger charge is -2.10. The van der Waals surface area contributed by atoms with Crippen LogP contribution >= 0.6 is 11.3 Å². The predicted octanol–water partition coefficient (Wildman–Crippen LogP) is 3.79. The Labute approximate surface area is 115 Å². The van der Waals surface area contributed by atoms with Crippen LogP contribution in [0.2, 0.25) is 0 Å². The van der Waals surface area contributed by atoms with Gasteiger partial charge in [0.25, 0.3) is 0 Å². The Hall–Kier alpha value is -2.14. The van der Waals surface area contributed by atoms with Gasteiger partial charge in [-0.2, -0.15) is 4.98 Å². The molecule has 2 N–H and O–H groups in total. The van der Waals surface area contributed by atoms with Crippen LogP contribution in [0.5, 0.6) is 0 Å². The Morgan fingerprint density at radius 2 is 1.95 bits per heavy atom. The summed E-state index contributed by atoms with van der Waals surface area (Å²) in [5, 5.41) is 9.46. The van der Waals surface area contributed by atoms with E-state index < -0.39 is 0 Å². The zero-order valence-electron chi connectivity index (χ0n) is 10.8. The van der Waals surface area contributed by atoms with Crippen molar-refractivity contribution in [3.8, 4) is 0 Å². The van der Waals surface area contributed by atoms with Gasteiger partial charge in [0.2, 0.25) is 5.95 Å². The van der Waals surface area contributed by atoms with Gasteiger partial charge >= 0.3 is 0 Å².